The number of hydrogen-bond acceptors (Lipinski definition) is 4. The van der Waals surface area contributed by atoms with Crippen LogP contribution in [0.3, 0.4) is 0 Å². The number of nitrogens with zero attached hydrogens (tertiary/aromatic N) is 2. The fourth-order valence-electron chi connectivity index (χ4n) is 1.63. The zero-order valence-corrected chi connectivity index (χ0v) is 11.6. The van der Waals surface area contributed by atoms with Gasteiger partial charge in [-0.2, -0.15) is 0 Å². The molecule has 0 atom stereocenters. The summed E-state index contributed by atoms with van der Waals surface area (Å²) in [5, 5.41) is 0. The van der Waals surface area contributed by atoms with E-state index in [0.29, 0.717) is 13.2 Å². The molecule has 0 aliphatic carbocycles. The molecule has 0 aliphatic heterocycles. The standard InChI is InChI=1S/C14H20N2O3/c1-4-19-13(17)10-16(14(18)11(2)3)9-12-7-5-6-8-15-12/h5-8,11H,4,9-10H2,1-3H3. The van der Waals surface area contributed by atoms with Crippen molar-refractivity contribution in [3.05, 3.63) is 30.1 Å². The molecule has 0 saturated heterocycles. The lowest BCUT2D eigenvalue weighted by molar-refractivity contribution is -0.150. The number of amides is 1. The quantitative estimate of drug-likeness (QED) is 0.733. The number of ether oxygens (including phenoxy) is 1. The first-order valence-electron chi connectivity index (χ1n) is 6.39. The summed E-state index contributed by atoms with van der Waals surface area (Å²) < 4.78 is 4.89. The summed E-state index contributed by atoms with van der Waals surface area (Å²) in [5.41, 5.74) is 0.751. The number of pyridine rings is 1. The van der Waals surface area contributed by atoms with Crippen LogP contribution in [0.2, 0.25) is 0 Å². The average molecular weight is 264 g/mol. The molecule has 0 N–H and O–H groups in total. The van der Waals surface area contributed by atoms with Crippen LogP contribution >= 0.6 is 0 Å². The summed E-state index contributed by atoms with van der Waals surface area (Å²) >= 11 is 0. The highest BCUT2D eigenvalue weighted by atomic mass is 16.5. The summed E-state index contributed by atoms with van der Waals surface area (Å²) in [5.74, 6) is -0.649. The Morgan fingerprint density at radius 3 is 2.63 bits per heavy atom. The second-order valence-corrected chi connectivity index (χ2v) is 4.48. The van der Waals surface area contributed by atoms with Crippen LogP contribution in [0.4, 0.5) is 0 Å². The van der Waals surface area contributed by atoms with Crippen LogP contribution in [0.1, 0.15) is 26.5 Å². The molecule has 1 aromatic heterocycles. The first-order valence-corrected chi connectivity index (χ1v) is 6.39. The van der Waals surface area contributed by atoms with Crippen LogP contribution < -0.4 is 0 Å². The minimum absolute atomic E-state index is 0.0403. The molecule has 1 amide bonds. The lowest BCUT2D eigenvalue weighted by atomic mass is 10.2. The molecular weight excluding hydrogens is 244 g/mol. The molecule has 104 valence electrons. The Labute approximate surface area is 113 Å². The van der Waals surface area contributed by atoms with E-state index in [-0.39, 0.29) is 18.4 Å². The van der Waals surface area contributed by atoms with Crippen molar-refractivity contribution in [1.82, 2.24) is 9.88 Å². The van der Waals surface area contributed by atoms with Gasteiger partial charge in [0.15, 0.2) is 0 Å². The highest BCUT2D eigenvalue weighted by molar-refractivity contribution is 5.83. The Morgan fingerprint density at radius 1 is 1.37 bits per heavy atom. The van der Waals surface area contributed by atoms with Gasteiger partial charge in [-0.15, -0.1) is 0 Å². The molecule has 5 nitrogen and oxygen atoms in total. The molecule has 1 aromatic rings. The number of carbonyl (C=O) groups excluding carboxylic acids is 2. The molecule has 0 unspecified atom stereocenters. The van der Waals surface area contributed by atoms with Crippen molar-refractivity contribution in [2.75, 3.05) is 13.2 Å². The maximum Gasteiger partial charge on any atom is 0.325 e. The van der Waals surface area contributed by atoms with Gasteiger partial charge in [-0.25, -0.2) is 0 Å². The largest absolute Gasteiger partial charge is 0.465 e. The minimum Gasteiger partial charge on any atom is -0.465 e. The van der Waals surface area contributed by atoms with Crippen LogP contribution in [0.5, 0.6) is 0 Å². The van der Waals surface area contributed by atoms with Crippen LogP contribution in [-0.2, 0) is 20.9 Å². The van der Waals surface area contributed by atoms with E-state index in [1.807, 2.05) is 18.2 Å². The molecule has 1 heterocycles. The summed E-state index contributed by atoms with van der Waals surface area (Å²) in [6.45, 7) is 5.94. The van der Waals surface area contributed by atoms with Gasteiger partial charge in [-0.1, -0.05) is 19.9 Å². The number of carbonyl (C=O) groups is 2. The summed E-state index contributed by atoms with van der Waals surface area (Å²) in [7, 11) is 0. The average Bonchev–Trinajstić information content (AvgIpc) is 2.38. The van der Waals surface area contributed by atoms with Crippen molar-refractivity contribution in [3.8, 4) is 0 Å². The molecule has 1 rings (SSSR count). The van der Waals surface area contributed by atoms with Crippen molar-refractivity contribution < 1.29 is 14.3 Å². The van der Waals surface area contributed by atoms with E-state index in [1.54, 1.807) is 27.0 Å². The van der Waals surface area contributed by atoms with Gasteiger partial charge >= 0.3 is 5.97 Å². The van der Waals surface area contributed by atoms with Gasteiger partial charge in [0, 0.05) is 12.1 Å². The SMILES string of the molecule is CCOC(=O)CN(Cc1ccccn1)C(=O)C(C)C. The summed E-state index contributed by atoms with van der Waals surface area (Å²) in [6.07, 6.45) is 1.66. The summed E-state index contributed by atoms with van der Waals surface area (Å²) in [4.78, 5) is 29.3. The third-order valence-electron chi connectivity index (χ3n) is 2.51. The predicted octanol–water partition coefficient (Wildman–Crippen LogP) is 1.63. The smallest absolute Gasteiger partial charge is 0.325 e. The van der Waals surface area contributed by atoms with E-state index in [9.17, 15) is 9.59 Å². The normalized spacial score (nSPS) is 10.3. The van der Waals surface area contributed by atoms with Gasteiger partial charge in [-0.05, 0) is 19.1 Å². The predicted molar refractivity (Wildman–Crippen MR) is 71.1 cm³/mol. The Balaban J connectivity index is 2.75. The van der Waals surface area contributed by atoms with E-state index in [4.69, 9.17) is 4.74 Å². The Kier molecular flexibility index (Phi) is 5.99. The first kappa shape index (κ1) is 15.1. The van der Waals surface area contributed by atoms with Crippen molar-refractivity contribution in [2.24, 2.45) is 5.92 Å². The third kappa shape index (κ3) is 5.07. The molecule has 0 spiro atoms. The van der Waals surface area contributed by atoms with Gasteiger partial charge in [0.05, 0.1) is 18.8 Å². The highest BCUT2D eigenvalue weighted by Crippen LogP contribution is 2.07. The molecule has 0 radical (unpaired) electrons. The molecule has 0 aromatic carbocycles. The van der Waals surface area contributed by atoms with Crippen molar-refractivity contribution in [3.63, 3.8) is 0 Å². The van der Waals surface area contributed by atoms with Crippen molar-refractivity contribution in [2.45, 2.75) is 27.3 Å². The second kappa shape index (κ2) is 7.51. The van der Waals surface area contributed by atoms with Crippen molar-refractivity contribution >= 4 is 11.9 Å². The van der Waals surface area contributed by atoms with Gasteiger partial charge in [0.2, 0.25) is 5.91 Å². The molecular formula is C14H20N2O3. The van der Waals surface area contributed by atoms with E-state index in [1.165, 1.54) is 4.90 Å². The van der Waals surface area contributed by atoms with Gasteiger partial charge in [0.25, 0.3) is 0 Å². The lowest BCUT2D eigenvalue weighted by Crippen LogP contribution is -2.38. The zero-order valence-electron chi connectivity index (χ0n) is 11.6. The molecule has 19 heavy (non-hydrogen) atoms. The molecule has 5 heteroatoms. The second-order valence-electron chi connectivity index (χ2n) is 4.48. The number of esters is 1. The highest BCUT2D eigenvalue weighted by Gasteiger charge is 2.21. The van der Waals surface area contributed by atoms with E-state index in [2.05, 4.69) is 4.98 Å². The Bertz CT molecular complexity index is 418. The van der Waals surface area contributed by atoms with Crippen LogP contribution in [0.15, 0.2) is 24.4 Å². The lowest BCUT2D eigenvalue weighted by Gasteiger charge is -2.23. The zero-order chi connectivity index (χ0) is 14.3. The fourth-order valence-corrected chi connectivity index (χ4v) is 1.63. The van der Waals surface area contributed by atoms with Gasteiger partial charge in [0.1, 0.15) is 6.54 Å². The Morgan fingerprint density at radius 2 is 2.11 bits per heavy atom. The van der Waals surface area contributed by atoms with Gasteiger partial charge < -0.3 is 9.64 Å². The maximum atomic E-state index is 12.1. The van der Waals surface area contributed by atoms with Crippen molar-refractivity contribution in [1.29, 1.82) is 0 Å². The molecule has 0 bridgehead atoms. The molecule has 0 aliphatic rings. The maximum absolute atomic E-state index is 12.1. The topological polar surface area (TPSA) is 59.5 Å². The van der Waals surface area contributed by atoms with E-state index < -0.39 is 5.97 Å². The number of aromatic nitrogens is 1. The molecule has 0 fully saturated rings. The number of hydrogen-bond donors (Lipinski definition) is 0. The fraction of sp³-hybridized carbons (Fsp3) is 0.500. The van der Waals surface area contributed by atoms with Crippen LogP contribution in [0.25, 0.3) is 0 Å². The molecule has 0 saturated carbocycles. The van der Waals surface area contributed by atoms with E-state index in [0.717, 1.165) is 5.69 Å². The monoisotopic (exact) mass is 264 g/mol. The first-order chi connectivity index (χ1) is 9.04. The minimum atomic E-state index is -0.396. The summed E-state index contributed by atoms with van der Waals surface area (Å²) in [6, 6.07) is 5.49. The van der Waals surface area contributed by atoms with Gasteiger partial charge in [-0.3, -0.25) is 14.6 Å². The van der Waals surface area contributed by atoms with Crippen LogP contribution in [-0.4, -0.2) is 34.9 Å². The third-order valence-corrected chi connectivity index (χ3v) is 2.51. The van der Waals surface area contributed by atoms with E-state index >= 15 is 0 Å². The van der Waals surface area contributed by atoms with Crippen LogP contribution in [0, 0.1) is 5.92 Å². The number of rotatable bonds is 6. The Hall–Kier alpha value is -1.91.